The number of aliphatic hydroxyl groups excluding tert-OH is 7. The molecule has 11 nitrogen and oxygen atoms in total. The van der Waals surface area contributed by atoms with Gasteiger partial charge in [0, 0.05) is 0 Å². The van der Waals surface area contributed by atoms with Crippen molar-refractivity contribution in [3.63, 3.8) is 0 Å². The van der Waals surface area contributed by atoms with E-state index in [0.717, 1.165) is 51.4 Å². The summed E-state index contributed by atoms with van der Waals surface area (Å²) in [5.41, 5.74) is 0. The number of unbranched alkanes of at least 4 members (excludes halogenated alkanes) is 33. The smallest absolute Gasteiger partial charge is 0.249 e. The average Bonchev–Trinajstić information content (AvgIpc) is 3.34. The standard InChI is InChI=1S/C57H109NO10/c1-3-5-7-9-11-13-15-17-19-21-22-23-24-25-26-27-29-30-32-34-36-38-40-42-44-49(60)52(62)48(47-67-57-55(65)54(64)53(63)51(46-59)68-57)58-56(66)50(61)45-43-41-39-37-35-33-31-28-20-18-16-14-12-10-8-6-4-2/h31,33,36,38,48-55,57,59-65H,3-30,32,34-35,37,39-47H2,1-2H3,(H,58,66)/b33-31-,38-36+. The molecular weight excluding hydrogens is 859 g/mol. The number of carbonyl (C=O) groups excluding carboxylic acids is 1. The van der Waals surface area contributed by atoms with E-state index in [4.69, 9.17) is 9.47 Å². The molecule has 9 unspecified atom stereocenters. The van der Waals surface area contributed by atoms with Crippen molar-refractivity contribution in [2.45, 2.75) is 319 Å². The fourth-order valence-electron chi connectivity index (χ4n) is 9.26. The molecule has 1 fully saturated rings. The van der Waals surface area contributed by atoms with Crippen LogP contribution in [0.25, 0.3) is 0 Å². The molecule has 0 aromatic heterocycles. The topological polar surface area (TPSA) is 189 Å². The predicted octanol–water partition coefficient (Wildman–Crippen LogP) is 11.7. The van der Waals surface area contributed by atoms with Gasteiger partial charge in [0.15, 0.2) is 6.29 Å². The zero-order chi connectivity index (χ0) is 49.7. The van der Waals surface area contributed by atoms with Gasteiger partial charge in [-0.2, -0.15) is 0 Å². The largest absolute Gasteiger partial charge is 0.394 e. The molecule has 68 heavy (non-hydrogen) atoms. The van der Waals surface area contributed by atoms with Crippen molar-refractivity contribution in [1.82, 2.24) is 5.32 Å². The van der Waals surface area contributed by atoms with E-state index in [0.29, 0.717) is 12.8 Å². The Morgan fingerprint density at radius 2 is 0.868 bits per heavy atom. The van der Waals surface area contributed by atoms with Gasteiger partial charge in [0.05, 0.1) is 25.4 Å². The van der Waals surface area contributed by atoms with Crippen LogP contribution in [0.15, 0.2) is 24.3 Å². The molecule has 402 valence electrons. The third-order valence-electron chi connectivity index (χ3n) is 14.0. The average molecular weight is 968 g/mol. The van der Waals surface area contributed by atoms with Crippen LogP contribution in [0.1, 0.15) is 264 Å². The van der Waals surface area contributed by atoms with Crippen molar-refractivity contribution in [1.29, 1.82) is 0 Å². The van der Waals surface area contributed by atoms with Crippen molar-refractivity contribution in [3.05, 3.63) is 24.3 Å². The van der Waals surface area contributed by atoms with Gasteiger partial charge >= 0.3 is 0 Å². The van der Waals surface area contributed by atoms with Crippen LogP contribution in [0.3, 0.4) is 0 Å². The number of aliphatic hydroxyl groups is 7. The van der Waals surface area contributed by atoms with Crippen molar-refractivity contribution in [2.24, 2.45) is 0 Å². The van der Waals surface area contributed by atoms with Gasteiger partial charge in [-0.15, -0.1) is 0 Å². The molecule has 0 aromatic rings. The summed E-state index contributed by atoms with van der Waals surface area (Å²) in [6, 6.07) is -1.19. The number of carbonyl (C=O) groups is 1. The first-order valence-electron chi connectivity index (χ1n) is 28.7. The summed E-state index contributed by atoms with van der Waals surface area (Å²) < 4.78 is 11.1. The molecule has 1 aliphatic rings. The van der Waals surface area contributed by atoms with Gasteiger partial charge in [0.2, 0.25) is 5.91 Å². The molecule has 0 aliphatic carbocycles. The second kappa shape index (κ2) is 46.6. The third-order valence-corrected chi connectivity index (χ3v) is 14.0. The first-order valence-corrected chi connectivity index (χ1v) is 28.7. The number of allylic oxidation sites excluding steroid dienone is 4. The molecule has 1 rings (SSSR count). The van der Waals surface area contributed by atoms with Crippen molar-refractivity contribution < 1.29 is 50.0 Å². The Morgan fingerprint density at radius 1 is 0.500 bits per heavy atom. The van der Waals surface area contributed by atoms with Crippen LogP contribution in [0.5, 0.6) is 0 Å². The van der Waals surface area contributed by atoms with E-state index in [1.165, 1.54) is 173 Å². The van der Waals surface area contributed by atoms with E-state index < -0.39 is 74.2 Å². The van der Waals surface area contributed by atoms with Crippen LogP contribution in [-0.4, -0.2) is 110 Å². The highest BCUT2D eigenvalue weighted by Gasteiger charge is 2.44. The molecule has 0 aromatic carbocycles. The molecular formula is C57H109NO10. The fourth-order valence-corrected chi connectivity index (χ4v) is 9.26. The zero-order valence-corrected chi connectivity index (χ0v) is 43.9. The highest BCUT2D eigenvalue weighted by atomic mass is 16.7. The Balaban J connectivity index is 2.34. The Hall–Kier alpha value is -1.41. The summed E-state index contributed by atoms with van der Waals surface area (Å²) in [5.74, 6) is -0.712. The van der Waals surface area contributed by atoms with Crippen LogP contribution in [-0.2, 0) is 14.3 Å². The van der Waals surface area contributed by atoms with E-state index in [9.17, 15) is 40.5 Å². The summed E-state index contributed by atoms with van der Waals surface area (Å²) in [6.07, 6.45) is 43.8. The van der Waals surface area contributed by atoms with Crippen LogP contribution in [0, 0.1) is 0 Å². The number of rotatable bonds is 49. The van der Waals surface area contributed by atoms with Crippen LogP contribution in [0.4, 0.5) is 0 Å². The minimum absolute atomic E-state index is 0.241. The molecule has 11 heteroatoms. The number of amides is 1. The van der Waals surface area contributed by atoms with Gasteiger partial charge in [-0.25, -0.2) is 0 Å². The number of nitrogens with one attached hydrogen (secondary N) is 1. The Kier molecular flexibility index (Phi) is 44.3. The van der Waals surface area contributed by atoms with Crippen molar-refractivity contribution in [3.8, 4) is 0 Å². The lowest BCUT2D eigenvalue weighted by atomic mass is 9.98. The monoisotopic (exact) mass is 968 g/mol. The number of hydrogen-bond acceptors (Lipinski definition) is 10. The van der Waals surface area contributed by atoms with Gasteiger partial charge in [-0.1, -0.05) is 224 Å². The minimum atomic E-state index is -1.67. The molecule has 8 N–H and O–H groups in total. The van der Waals surface area contributed by atoms with Gasteiger partial charge in [-0.3, -0.25) is 4.79 Å². The van der Waals surface area contributed by atoms with Gasteiger partial charge in [0.1, 0.15) is 36.6 Å². The lowest BCUT2D eigenvalue weighted by Gasteiger charge is -2.40. The normalized spacial score (nSPS) is 20.6. The second-order valence-corrected chi connectivity index (χ2v) is 20.4. The Morgan fingerprint density at radius 3 is 1.26 bits per heavy atom. The molecule has 1 amide bonds. The molecule has 9 atom stereocenters. The third kappa shape index (κ3) is 34.8. The highest BCUT2D eigenvalue weighted by Crippen LogP contribution is 2.23. The summed E-state index contributed by atoms with van der Waals surface area (Å²) in [4.78, 5) is 13.2. The molecule has 1 heterocycles. The summed E-state index contributed by atoms with van der Waals surface area (Å²) in [6.45, 7) is 3.46. The van der Waals surface area contributed by atoms with Crippen LogP contribution < -0.4 is 5.32 Å². The predicted molar refractivity (Wildman–Crippen MR) is 279 cm³/mol. The van der Waals surface area contributed by atoms with Crippen molar-refractivity contribution >= 4 is 5.91 Å². The fraction of sp³-hybridized carbons (Fsp3) is 0.912. The molecule has 0 bridgehead atoms. The SMILES string of the molecule is CCCCCCCCCCC/C=C\CCCCCCC(O)C(=O)NC(COC1OC(CO)C(O)C(O)C1O)C(O)C(O)CCC/C=C/CCCCCCCCCCCCCCCCCCCCC. The maximum Gasteiger partial charge on any atom is 0.249 e. The molecule has 1 saturated heterocycles. The van der Waals surface area contributed by atoms with Gasteiger partial charge in [-0.05, 0) is 64.2 Å². The lowest BCUT2D eigenvalue weighted by molar-refractivity contribution is -0.303. The van der Waals surface area contributed by atoms with Crippen LogP contribution in [0.2, 0.25) is 0 Å². The quantitative estimate of drug-likeness (QED) is 0.0215. The minimum Gasteiger partial charge on any atom is -0.394 e. The Bertz CT molecular complexity index is 1160. The maximum absolute atomic E-state index is 13.2. The van der Waals surface area contributed by atoms with Gasteiger partial charge < -0.3 is 50.5 Å². The second-order valence-electron chi connectivity index (χ2n) is 20.4. The summed E-state index contributed by atoms with van der Waals surface area (Å²) in [5, 5.41) is 76.0. The molecule has 0 radical (unpaired) electrons. The molecule has 0 spiro atoms. The lowest BCUT2D eigenvalue weighted by Crippen LogP contribution is -2.60. The maximum atomic E-state index is 13.2. The number of hydrogen-bond donors (Lipinski definition) is 8. The molecule has 0 saturated carbocycles. The number of ether oxygens (including phenoxy) is 2. The first-order chi connectivity index (χ1) is 33.2. The first kappa shape index (κ1) is 64.6. The van der Waals surface area contributed by atoms with Gasteiger partial charge in [0.25, 0.3) is 0 Å². The van der Waals surface area contributed by atoms with E-state index in [1.54, 1.807) is 0 Å². The zero-order valence-electron chi connectivity index (χ0n) is 43.9. The molecule has 1 aliphatic heterocycles. The van der Waals surface area contributed by atoms with E-state index >= 15 is 0 Å². The van der Waals surface area contributed by atoms with E-state index in [-0.39, 0.29) is 12.8 Å². The summed E-state index contributed by atoms with van der Waals surface area (Å²) in [7, 11) is 0. The van der Waals surface area contributed by atoms with Crippen LogP contribution >= 0.6 is 0 Å². The van der Waals surface area contributed by atoms with Crippen molar-refractivity contribution in [2.75, 3.05) is 13.2 Å². The Labute approximate surface area is 416 Å². The van der Waals surface area contributed by atoms with E-state index in [2.05, 4.69) is 43.5 Å². The highest BCUT2D eigenvalue weighted by molar-refractivity contribution is 5.80. The van der Waals surface area contributed by atoms with E-state index in [1.807, 2.05) is 0 Å². The summed E-state index contributed by atoms with van der Waals surface area (Å²) >= 11 is 0.